The molecule has 0 unspecified atom stereocenters. The van der Waals surface area contributed by atoms with Gasteiger partial charge in [-0.3, -0.25) is 4.79 Å². The third kappa shape index (κ3) is 8.20. The van der Waals surface area contributed by atoms with Gasteiger partial charge in [0.1, 0.15) is 0 Å². The summed E-state index contributed by atoms with van der Waals surface area (Å²) < 4.78 is 45.0. The highest BCUT2D eigenvalue weighted by Crippen LogP contribution is 2.28. The second-order valence-electron chi connectivity index (χ2n) is 6.90. The zero-order valence-corrected chi connectivity index (χ0v) is 20.8. The fourth-order valence-corrected chi connectivity index (χ4v) is 3.28. The number of methoxy groups -OCH3 is 1. The molecule has 0 aliphatic heterocycles. The third-order valence-corrected chi connectivity index (χ3v) is 4.83. The molecule has 34 heavy (non-hydrogen) atoms. The van der Waals surface area contributed by atoms with Crippen molar-refractivity contribution >= 4 is 23.3 Å². The first-order valence-electron chi connectivity index (χ1n) is 11.1. The predicted octanol–water partition coefficient (Wildman–Crippen LogP) is 6.28. The Morgan fingerprint density at radius 3 is 2.47 bits per heavy atom. The van der Waals surface area contributed by atoms with E-state index in [2.05, 4.69) is 9.84 Å². The summed E-state index contributed by atoms with van der Waals surface area (Å²) in [7, 11) is 1.24. The largest absolute Gasteiger partial charge is 0.469 e. The van der Waals surface area contributed by atoms with Gasteiger partial charge in [0.25, 0.3) is 0 Å². The monoisotopic (exact) mass is 501 g/mol. The van der Waals surface area contributed by atoms with Crippen LogP contribution in [0.5, 0.6) is 0 Å². The molecule has 1 aromatic heterocycles. The zero-order valence-electron chi connectivity index (χ0n) is 20.1. The molecule has 0 aliphatic rings. The highest BCUT2D eigenvalue weighted by Gasteiger charge is 2.25. The van der Waals surface area contributed by atoms with Crippen LogP contribution < -0.4 is 5.69 Å². The number of hydrogen-bond donors (Lipinski definition) is 0. The predicted molar refractivity (Wildman–Crippen MR) is 129 cm³/mol. The second kappa shape index (κ2) is 13.8. The molecule has 0 amide bonds. The zero-order chi connectivity index (χ0) is 25.9. The van der Waals surface area contributed by atoms with Crippen LogP contribution >= 0.6 is 11.6 Å². The van der Waals surface area contributed by atoms with Gasteiger partial charge in [-0.2, -0.15) is 13.2 Å². The minimum absolute atomic E-state index is 0.0355. The molecule has 0 saturated carbocycles. The summed E-state index contributed by atoms with van der Waals surface area (Å²) in [5.41, 5.74) is 1.13. The molecular formula is C24H31ClF3N3O3. The van der Waals surface area contributed by atoms with Gasteiger partial charge in [-0.05, 0) is 42.7 Å². The molecule has 1 aromatic carbocycles. The summed E-state index contributed by atoms with van der Waals surface area (Å²) in [6, 6.07) is 5.12. The molecule has 0 radical (unpaired) electrons. The summed E-state index contributed by atoms with van der Waals surface area (Å²) >= 11 is 6.11. The molecule has 0 N–H and O–H groups in total. The second-order valence-corrected chi connectivity index (χ2v) is 7.34. The van der Waals surface area contributed by atoms with E-state index in [-0.39, 0.29) is 24.5 Å². The topological polar surface area (TPSA) is 66.1 Å². The summed E-state index contributed by atoms with van der Waals surface area (Å²) in [6.45, 7) is 7.69. The number of esters is 1. The summed E-state index contributed by atoms with van der Waals surface area (Å²) in [5, 5.41) is 4.92. The molecule has 0 spiro atoms. The summed E-state index contributed by atoms with van der Waals surface area (Å²) in [5.74, 6) is -0.257. The normalized spacial score (nSPS) is 12.0. The average Bonchev–Trinajstić information content (AvgIpc) is 3.13. The van der Waals surface area contributed by atoms with Gasteiger partial charge in [-0.25, -0.2) is 14.0 Å². The number of carbonyl (C=O) groups is 1. The van der Waals surface area contributed by atoms with Gasteiger partial charge in [0.15, 0.2) is 5.82 Å². The van der Waals surface area contributed by atoms with Gasteiger partial charge in [0.05, 0.1) is 26.5 Å². The molecule has 2 rings (SSSR count). The maximum atomic E-state index is 13.2. The van der Waals surface area contributed by atoms with E-state index in [9.17, 15) is 22.8 Å². The van der Waals surface area contributed by atoms with Crippen LogP contribution in [0.15, 0.2) is 41.2 Å². The standard InChI is InChI=1S/C22H25ClF3N3O3.C2H6/c1-4-7-17(8-6-12-22(24,25)26)29-20(18-10-9-16(23)14-15(18)5-2)27-28(21(29)31)13-11-19(30)32-3;1-2/h6-10,14H,4-5,11-13H2,1-3H3;1-2H3/b8-6-,17-7+;. The number of nitrogens with zero attached hydrogens (tertiary/aromatic N) is 3. The van der Waals surface area contributed by atoms with E-state index in [0.29, 0.717) is 23.4 Å². The summed E-state index contributed by atoms with van der Waals surface area (Å²) in [6.07, 6.45) is -0.631. The molecule has 0 fully saturated rings. The van der Waals surface area contributed by atoms with Crippen LogP contribution in [0.1, 0.15) is 52.5 Å². The van der Waals surface area contributed by atoms with Crippen molar-refractivity contribution in [2.24, 2.45) is 0 Å². The van der Waals surface area contributed by atoms with E-state index in [4.69, 9.17) is 11.6 Å². The Morgan fingerprint density at radius 1 is 1.24 bits per heavy atom. The molecule has 188 valence electrons. The van der Waals surface area contributed by atoms with Gasteiger partial charge in [0, 0.05) is 16.3 Å². The number of benzene rings is 1. The number of halogens is 4. The Hall–Kier alpha value is -2.81. The van der Waals surface area contributed by atoms with Gasteiger partial charge in [-0.15, -0.1) is 5.10 Å². The van der Waals surface area contributed by atoms with Crippen LogP contribution in [-0.2, 0) is 22.5 Å². The van der Waals surface area contributed by atoms with Crippen LogP contribution in [0.3, 0.4) is 0 Å². The smallest absolute Gasteiger partial charge is 0.392 e. The van der Waals surface area contributed by atoms with Crippen molar-refractivity contribution in [3.63, 3.8) is 0 Å². The van der Waals surface area contributed by atoms with Crippen molar-refractivity contribution < 1.29 is 22.7 Å². The van der Waals surface area contributed by atoms with E-state index in [1.807, 2.05) is 27.7 Å². The molecule has 6 nitrogen and oxygen atoms in total. The van der Waals surface area contributed by atoms with Crippen molar-refractivity contribution in [1.29, 1.82) is 0 Å². The number of ether oxygens (including phenoxy) is 1. The number of alkyl halides is 3. The van der Waals surface area contributed by atoms with Crippen molar-refractivity contribution in [3.05, 3.63) is 57.5 Å². The molecule has 0 saturated heterocycles. The third-order valence-electron chi connectivity index (χ3n) is 4.59. The van der Waals surface area contributed by atoms with Crippen molar-refractivity contribution in [3.8, 4) is 11.4 Å². The lowest BCUT2D eigenvalue weighted by atomic mass is 10.0. The van der Waals surface area contributed by atoms with Crippen molar-refractivity contribution in [1.82, 2.24) is 14.3 Å². The Labute approximate surface area is 202 Å². The highest BCUT2D eigenvalue weighted by molar-refractivity contribution is 6.30. The number of allylic oxidation sites excluding steroid dienone is 4. The first kappa shape index (κ1) is 29.2. The fourth-order valence-electron chi connectivity index (χ4n) is 3.09. The molecule has 1 heterocycles. The van der Waals surface area contributed by atoms with E-state index in [1.165, 1.54) is 17.8 Å². The van der Waals surface area contributed by atoms with Crippen LogP contribution in [0.25, 0.3) is 17.1 Å². The van der Waals surface area contributed by atoms with Gasteiger partial charge in [-0.1, -0.05) is 51.4 Å². The Morgan fingerprint density at radius 2 is 1.91 bits per heavy atom. The summed E-state index contributed by atoms with van der Waals surface area (Å²) in [4.78, 5) is 24.7. The molecule has 0 aliphatic carbocycles. The van der Waals surface area contributed by atoms with E-state index in [0.717, 1.165) is 16.3 Å². The Bertz CT molecular complexity index is 1070. The molecule has 2 aromatic rings. The van der Waals surface area contributed by atoms with Crippen molar-refractivity contribution in [2.45, 2.75) is 66.1 Å². The molecule has 10 heteroatoms. The van der Waals surface area contributed by atoms with Crippen LogP contribution in [0.4, 0.5) is 13.2 Å². The Balaban J connectivity index is 0.00000281. The van der Waals surface area contributed by atoms with Gasteiger partial charge < -0.3 is 4.74 Å². The number of aryl methyl sites for hydroxylation is 2. The quantitative estimate of drug-likeness (QED) is 0.300. The molecule has 0 atom stereocenters. The molecule has 0 bridgehead atoms. The van der Waals surface area contributed by atoms with Gasteiger partial charge in [0.2, 0.25) is 0 Å². The van der Waals surface area contributed by atoms with Crippen LogP contribution in [0, 0.1) is 0 Å². The van der Waals surface area contributed by atoms with E-state index < -0.39 is 24.3 Å². The highest BCUT2D eigenvalue weighted by atomic mass is 35.5. The molecular weight excluding hydrogens is 471 g/mol. The van der Waals surface area contributed by atoms with Crippen LogP contribution in [-0.4, -0.2) is 33.6 Å². The maximum Gasteiger partial charge on any atom is 0.392 e. The number of rotatable bonds is 9. The fraction of sp³-hybridized carbons (Fsp3) is 0.458. The first-order chi connectivity index (χ1) is 16.1. The lowest BCUT2D eigenvalue weighted by molar-refractivity contribution is -0.140. The lowest BCUT2D eigenvalue weighted by Gasteiger charge is -2.11. The SMILES string of the molecule is CC.CC/C=C(\C=C/CC(F)(F)F)n1c(-c2ccc(Cl)cc2CC)nn(CCC(=O)OC)c1=O. The maximum absolute atomic E-state index is 13.2. The minimum atomic E-state index is -4.36. The number of aromatic nitrogens is 3. The first-order valence-corrected chi connectivity index (χ1v) is 11.5. The number of hydrogen-bond acceptors (Lipinski definition) is 4. The lowest BCUT2D eigenvalue weighted by Crippen LogP contribution is -2.25. The van der Waals surface area contributed by atoms with Crippen molar-refractivity contribution in [2.75, 3.05) is 7.11 Å². The number of carbonyl (C=O) groups excluding carboxylic acids is 1. The van der Waals surface area contributed by atoms with E-state index in [1.54, 1.807) is 24.3 Å². The van der Waals surface area contributed by atoms with Crippen LogP contribution in [0.2, 0.25) is 5.02 Å². The van der Waals surface area contributed by atoms with E-state index >= 15 is 0 Å². The Kier molecular flexibility index (Phi) is 11.9. The van der Waals surface area contributed by atoms with Gasteiger partial charge >= 0.3 is 17.8 Å². The average molecular weight is 502 g/mol. The minimum Gasteiger partial charge on any atom is -0.469 e.